The highest BCUT2D eigenvalue weighted by atomic mass is 16.6. The maximum absolute atomic E-state index is 12.5. The van der Waals surface area contributed by atoms with E-state index in [4.69, 9.17) is 4.74 Å². The molecule has 5 nitrogen and oxygen atoms in total. The van der Waals surface area contributed by atoms with E-state index >= 15 is 0 Å². The number of ether oxygens (including phenoxy) is 1. The molecule has 5 heteroatoms. The Labute approximate surface area is 144 Å². The molecule has 2 rings (SSSR count). The zero-order chi connectivity index (χ0) is 17.9. The van der Waals surface area contributed by atoms with E-state index in [-0.39, 0.29) is 24.0 Å². The van der Waals surface area contributed by atoms with Gasteiger partial charge in [-0.05, 0) is 26.3 Å². The highest BCUT2D eigenvalue weighted by molar-refractivity contribution is 5.77. The highest BCUT2D eigenvalue weighted by Gasteiger charge is 2.40. The van der Waals surface area contributed by atoms with E-state index in [0.29, 0.717) is 19.5 Å². The molecule has 0 saturated carbocycles. The van der Waals surface area contributed by atoms with Crippen LogP contribution in [0.4, 0.5) is 4.79 Å². The SMILES string of the molecule is CCC(=O)N1C[C@H](c2ccccc2)[C@@H](N(C)C(=O)OC(C)(C)C)C1. The summed E-state index contributed by atoms with van der Waals surface area (Å²) >= 11 is 0. The van der Waals surface area contributed by atoms with E-state index < -0.39 is 5.60 Å². The summed E-state index contributed by atoms with van der Waals surface area (Å²) < 4.78 is 5.50. The van der Waals surface area contributed by atoms with E-state index in [2.05, 4.69) is 12.1 Å². The van der Waals surface area contributed by atoms with Crippen molar-refractivity contribution in [2.75, 3.05) is 20.1 Å². The lowest BCUT2D eigenvalue weighted by atomic mass is 9.94. The lowest BCUT2D eigenvalue weighted by Gasteiger charge is -2.31. The van der Waals surface area contributed by atoms with Gasteiger partial charge in [0.25, 0.3) is 0 Å². The molecule has 0 bridgehead atoms. The number of carbonyl (C=O) groups excluding carboxylic acids is 2. The summed E-state index contributed by atoms with van der Waals surface area (Å²) in [6, 6.07) is 9.98. The fraction of sp³-hybridized carbons (Fsp3) is 0.579. The Balaban J connectivity index is 2.23. The van der Waals surface area contributed by atoms with E-state index in [1.54, 1.807) is 11.9 Å². The lowest BCUT2D eigenvalue weighted by Crippen LogP contribution is -2.44. The Morgan fingerprint density at radius 3 is 2.38 bits per heavy atom. The molecule has 1 aromatic rings. The number of amides is 2. The first-order valence-corrected chi connectivity index (χ1v) is 8.51. The average molecular weight is 332 g/mol. The van der Waals surface area contributed by atoms with Gasteiger partial charge in [-0.2, -0.15) is 0 Å². The van der Waals surface area contributed by atoms with Crippen LogP contribution < -0.4 is 0 Å². The van der Waals surface area contributed by atoms with Crippen molar-refractivity contribution in [1.82, 2.24) is 9.80 Å². The molecule has 1 fully saturated rings. The molecule has 1 aliphatic rings. The Hall–Kier alpha value is -2.04. The van der Waals surface area contributed by atoms with Crippen LogP contribution in [0.3, 0.4) is 0 Å². The molecule has 1 aliphatic heterocycles. The second-order valence-electron chi connectivity index (χ2n) is 7.33. The second-order valence-corrected chi connectivity index (χ2v) is 7.33. The summed E-state index contributed by atoms with van der Waals surface area (Å²) in [6.45, 7) is 8.61. The molecule has 0 spiro atoms. The average Bonchev–Trinajstić information content (AvgIpc) is 2.97. The number of rotatable bonds is 3. The van der Waals surface area contributed by atoms with Crippen LogP contribution in [0.25, 0.3) is 0 Å². The molecule has 2 amide bonds. The van der Waals surface area contributed by atoms with Gasteiger partial charge in [0.1, 0.15) is 5.60 Å². The van der Waals surface area contributed by atoms with Gasteiger partial charge in [-0.15, -0.1) is 0 Å². The van der Waals surface area contributed by atoms with Crippen molar-refractivity contribution in [1.29, 1.82) is 0 Å². The molecule has 0 radical (unpaired) electrons. The van der Waals surface area contributed by atoms with Gasteiger partial charge < -0.3 is 14.5 Å². The third kappa shape index (κ3) is 4.28. The number of carbonyl (C=O) groups is 2. The predicted molar refractivity (Wildman–Crippen MR) is 93.8 cm³/mol. The van der Waals surface area contributed by atoms with E-state index in [0.717, 1.165) is 5.56 Å². The number of likely N-dealkylation sites (tertiary alicyclic amines) is 1. The standard InChI is InChI=1S/C19H28N2O3/c1-6-17(22)21-12-15(14-10-8-7-9-11-14)16(13-21)20(5)18(23)24-19(2,3)4/h7-11,15-16H,6,12-13H2,1-5H3/t15-,16+/m1/s1. The molecule has 0 N–H and O–H groups in total. The zero-order valence-electron chi connectivity index (χ0n) is 15.3. The molecule has 2 atom stereocenters. The normalized spacial score (nSPS) is 20.8. The van der Waals surface area contributed by atoms with Crippen LogP contribution >= 0.6 is 0 Å². The van der Waals surface area contributed by atoms with Gasteiger partial charge in [-0.1, -0.05) is 37.3 Å². The zero-order valence-corrected chi connectivity index (χ0v) is 15.3. The van der Waals surface area contributed by atoms with Crippen LogP contribution in [-0.2, 0) is 9.53 Å². The first kappa shape index (κ1) is 18.3. The van der Waals surface area contributed by atoms with E-state index in [1.165, 1.54) is 0 Å². The van der Waals surface area contributed by atoms with Crippen molar-refractivity contribution in [3.8, 4) is 0 Å². The molecule has 0 unspecified atom stereocenters. The Morgan fingerprint density at radius 1 is 1.21 bits per heavy atom. The fourth-order valence-corrected chi connectivity index (χ4v) is 3.10. The van der Waals surface area contributed by atoms with Crippen LogP contribution in [-0.4, -0.2) is 53.6 Å². The van der Waals surface area contributed by atoms with Crippen molar-refractivity contribution in [2.45, 2.75) is 51.7 Å². The smallest absolute Gasteiger partial charge is 0.410 e. The lowest BCUT2D eigenvalue weighted by molar-refractivity contribution is -0.130. The summed E-state index contributed by atoms with van der Waals surface area (Å²) in [4.78, 5) is 28.1. The minimum Gasteiger partial charge on any atom is -0.444 e. The largest absolute Gasteiger partial charge is 0.444 e. The van der Waals surface area contributed by atoms with Crippen molar-refractivity contribution < 1.29 is 14.3 Å². The van der Waals surface area contributed by atoms with Crippen molar-refractivity contribution in [3.63, 3.8) is 0 Å². The van der Waals surface area contributed by atoms with Crippen LogP contribution in [0.15, 0.2) is 30.3 Å². The molecule has 1 heterocycles. The molecule has 1 aromatic carbocycles. The first-order valence-electron chi connectivity index (χ1n) is 8.51. The summed E-state index contributed by atoms with van der Waals surface area (Å²) in [5.74, 6) is 0.218. The van der Waals surface area contributed by atoms with E-state index in [1.807, 2.05) is 50.8 Å². The van der Waals surface area contributed by atoms with Crippen LogP contribution in [0.1, 0.15) is 45.6 Å². The Morgan fingerprint density at radius 2 is 1.83 bits per heavy atom. The molecular weight excluding hydrogens is 304 g/mol. The van der Waals surface area contributed by atoms with Gasteiger partial charge in [0.15, 0.2) is 0 Å². The first-order chi connectivity index (χ1) is 11.2. The van der Waals surface area contributed by atoms with Gasteiger partial charge in [0.2, 0.25) is 5.91 Å². The molecule has 24 heavy (non-hydrogen) atoms. The number of hydrogen-bond donors (Lipinski definition) is 0. The van der Waals surface area contributed by atoms with Gasteiger partial charge >= 0.3 is 6.09 Å². The maximum Gasteiger partial charge on any atom is 0.410 e. The molecule has 0 aliphatic carbocycles. The summed E-state index contributed by atoms with van der Waals surface area (Å²) in [5, 5.41) is 0. The van der Waals surface area contributed by atoms with Crippen molar-refractivity contribution in [2.24, 2.45) is 0 Å². The third-order valence-corrected chi connectivity index (χ3v) is 4.35. The quantitative estimate of drug-likeness (QED) is 0.854. The van der Waals surface area contributed by atoms with Gasteiger partial charge in [0.05, 0.1) is 6.04 Å². The number of nitrogens with zero attached hydrogens (tertiary/aromatic N) is 2. The number of benzene rings is 1. The second kappa shape index (κ2) is 7.24. The van der Waals surface area contributed by atoms with Crippen molar-refractivity contribution >= 4 is 12.0 Å². The highest BCUT2D eigenvalue weighted by Crippen LogP contribution is 2.31. The summed E-state index contributed by atoms with van der Waals surface area (Å²) in [6.07, 6.45) is 0.129. The molecule has 1 saturated heterocycles. The monoisotopic (exact) mass is 332 g/mol. The Bertz CT molecular complexity index is 580. The van der Waals surface area contributed by atoms with Crippen LogP contribution in [0.2, 0.25) is 0 Å². The van der Waals surface area contributed by atoms with Crippen LogP contribution in [0.5, 0.6) is 0 Å². The Kier molecular flexibility index (Phi) is 5.52. The summed E-state index contributed by atoms with van der Waals surface area (Å²) in [5.41, 5.74) is 0.606. The minimum absolute atomic E-state index is 0.0854. The van der Waals surface area contributed by atoms with Gasteiger partial charge in [0, 0.05) is 32.5 Å². The summed E-state index contributed by atoms with van der Waals surface area (Å²) in [7, 11) is 1.76. The van der Waals surface area contributed by atoms with Crippen molar-refractivity contribution in [3.05, 3.63) is 35.9 Å². The van der Waals surface area contributed by atoms with E-state index in [9.17, 15) is 9.59 Å². The number of hydrogen-bond acceptors (Lipinski definition) is 3. The van der Waals surface area contributed by atoms with Gasteiger partial charge in [-0.25, -0.2) is 4.79 Å². The molecular formula is C19H28N2O3. The molecule has 0 aromatic heterocycles. The topological polar surface area (TPSA) is 49.9 Å². The number of likely N-dealkylation sites (N-methyl/N-ethyl adjacent to an activating group) is 1. The molecule has 132 valence electrons. The van der Waals surface area contributed by atoms with Gasteiger partial charge in [-0.3, -0.25) is 4.79 Å². The van der Waals surface area contributed by atoms with Crippen LogP contribution in [0, 0.1) is 0 Å². The fourth-order valence-electron chi connectivity index (χ4n) is 3.10. The third-order valence-electron chi connectivity index (χ3n) is 4.35. The maximum atomic E-state index is 12.5. The predicted octanol–water partition coefficient (Wildman–Crippen LogP) is 3.26. The minimum atomic E-state index is -0.537.